The number of nitrogens with one attached hydrogen (secondary N) is 2. The molecule has 7 nitrogen and oxygen atoms in total. The number of nitrogens with zero attached hydrogens (tertiary/aromatic N) is 2. The molecule has 31 heavy (non-hydrogen) atoms. The van der Waals surface area contributed by atoms with Crippen LogP contribution >= 0.6 is 24.0 Å². The molecular formula is C23H39IN4O3. The van der Waals surface area contributed by atoms with Crippen LogP contribution in [0.5, 0.6) is 5.75 Å². The highest BCUT2D eigenvalue weighted by molar-refractivity contribution is 14.0. The number of likely N-dealkylation sites (N-methyl/N-ethyl adjacent to an activating group) is 1. The fraction of sp³-hybridized carbons (Fsp3) is 0.652. The summed E-state index contributed by atoms with van der Waals surface area (Å²) in [6.07, 6.45) is 6.37. The van der Waals surface area contributed by atoms with Gasteiger partial charge >= 0.3 is 0 Å². The van der Waals surface area contributed by atoms with Gasteiger partial charge in [-0.2, -0.15) is 0 Å². The molecule has 0 aliphatic heterocycles. The topological polar surface area (TPSA) is 75.2 Å². The normalized spacial score (nSPS) is 15.2. The number of benzene rings is 1. The predicted molar refractivity (Wildman–Crippen MR) is 136 cm³/mol. The fourth-order valence-electron chi connectivity index (χ4n) is 3.72. The summed E-state index contributed by atoms with van der Waals surface area (Å²) in [5.74, 6) is 2.13. The molecule has 1 saturated carbocycles. The predicted octanol–water partition coefficient (Wildman–Crippen LogP) is 3.42. The minimum atomic E-state index is 0. The number of aliphatic imine (C=N–C) groups is 1. The Labute approximate surface area is 204 Å². The second-order valence-corrected chi connectivity index (χ2v) is 7.91. The molecular weight excluding hydrogens is 507 g/mol. The van der Waals surface area contributed by atoms with Gasteiger partial charge in [0.25, 0.3) is 0 Å². The van der Waals surface area contributed by atoms with Crippen LogP contribution in [0, 0.1) is 5.92 Å². The summed E-state index contributed by atoms with van der Waals surface area (Å²) >= 11 is 0. The van der Waals surface area contributed by atoms with Crippen LogP contribution in [0.25, 0.3) is 0 Å². The molecule has 1 unspecified atom stereocenters. The zero-order valence-electron chi connectivity index (χ0n) is 19.4. The standard InChI is InChI=1S/C23H38N4O3.HI/c1-5-30-21(19-8-6-7-9-19)14-15-24-23(26-17-22(28)27(2)3)25-16-18-10-12-20(29-4)13-11-18;/h10-13,19,21H,5-9,14-17H2,1-4H3,(H2,24,25,26);1H. The van der Waals surface area contributed by atoms with Crippen molar-refractivity contribution in [3.8, 4) is 5.75 Å². The molecule has 8 heteroatoms. The summed E-state index contributed by atoms with van der Waals surface area (Å²) in [6, 6.07) is 7.84. The average Bonchev–Trinajstić information content (AvgIpc) is 3.29. The summed E-state index contributed by atoms with van der Waals surface area (Å²) < 4.78 is 11.2. The second kappa shape index (κ2) is 15.3. The Hall–Kier alpha value is -1.55. The number of halogens is 1. The largest absolute Gasteiger partial charge is 0.497 e. The van der Waals surface area contributed by atoms with Crippen molar-refractivity contribution in [2.75, 3.05) is 40.9 Å². The molecule has 0 heterocycles. The summed E-state index contributed by atoms with van der Waals surface area (Å²) in [4.78, 5) is 18.2. The van der Waals surface area contributed by atoms with Crippen molar-refractivity contribution in [1.82, 2.24) is 15.5 Å². The van der Waals surface area contributed by atoms with E-state index in [1.54, 1.807) is 26.1 Å². The quantitative estimate of drug-likeness (QED) is 0.253. The van der Waals surface area contributed by atoms with Crippen LogP contribution in [0.15, 0.2) is 29.3 Å². The van der Waals surface area contributed by atoms with Gasteiger partial charge in [-0.3, -0.25) is 4.79 Å². The van der Waals surface area contributed by atoms with E-state index in [4.69, 9.17) is 9.47 Å². The third-order valence-corrected chi connectivity index (χ3v) is 5.51. The van der Waals surface area contributed by atoms with Crippen molar-refractivity contribution < 1.29 is 14.3 Å². The van der Waals surface area contributed by atoms with Crippen molar-refractivity contribution >= 4 is 35.8 Å². The van der Waals surface area contributed by atoms with Crippen LogP contribution < -0.4 is 15.4 Å². The number of methoxy groups -OCH3 is 1. The number of guanidine groups is 1. The molecule has 0 saturated heterocycles. The van der Waals surface area contributed by atoms with Crippen LogP contribution in [0.3, 0.4) is 0 Å². The zero-order valence-corrected chi connectivity index (χ0v) is 21.7. The van der Waals surface area contributed by atoms with Gasteiger partial charge in [-0.25, -0.2) is 4.99 Å². The minimum absolute atomic E-state index is 0. The Morgan fingerprint density at radius 3 is 2.45 bits per heavy atom. The Kier molecular flexibility index (Phi) is 13.6. The molecule has 0 aromatic heterocycles. The van der Waals surface area contributed by atoms with E-state index in [2.05, 4.69) is 22.5 Å². The maximum Gasteiger partial charge on any atom is 0.241 e. The lowest BCUT2D eigenvalue weighted by Gasteiger charge is -2.24. The summed E-state index contributed by atoms with van der Waals surface area (Å²) in [5, 5.41) is 6.53. The number of hydrogen-bond donors (Lipinski definition) is 2. The SMILES string of the molecule is CCOC(CCNC(=NCc1ccc(OC)cc1)NCC(=O)N(C)C)C1CCCC1.I. The number of carbonyl (C=O) groups excluding carboxylic acids is 1. The lowest BCUT2D eigenvalue weighted by atomic mass is 9.98. The Morgan fingerprint density at radius 2 is 1.87 bits per heavy atom. The van der Waals surface area contributed by atoms with Crippen molar-refractivity contribution in [2.45, 2.75) is 51.7 Å². The molecule has 1 atom stereocenters. The molecule has 1 fully saturated rings. The molecule has 1 aromatic rings. The van der Waals surface area contributed by atoms with Gasteiger partial charge in [-0.05, 0) is 49.8 Å². The van der Waals surface area contributed by atoms with Crippen molar-refractivity contribution in [2.24, 2.45) is 10.9 Å². The molecule has 2 rings (SSSR count). The molecule has 1 amide bonds. The van der Waals surface area contributed by atoms with E-state index >= 15 is 0 Å². The fourth-order valence-corrected chi connectivity index (χ4v) is 3.72. The van der Waals surface area contributed by atoms with E-state index < -0.39 is 0 Å². The third-order valence-electron chi connectivity index (χ3n) is 5.51. The first-order valence-corrected chi connectivity index (χ1v) is 11.0. The smallest absolute Gasteiger partial charge is 0.241 e. The first-order valence-electron chi connectivity index (χ1n) is 11.0. The van der Waals surface area contributed by atoms with Crippen molar-refractivity contribution in [3.63, 3.8) is 0 Å². The average molecular weight is 546 g/mol. The van der Waals surface area contributed by atoms with Gasteiger partial charge in [-0.1, -0.05) is 25.0 Å². The van der Waals surface area contributed by atoms with Gasteiger partial charge in [0.15, 0.2) is 5.96 Å². The van der Waals surface area contributed by atoms with Crippen LogP contribution in [-0.4, -0.2) is 63.8 Å². The van der Waals surface area contributed by atoms with Gasteiger partial charge in [0, 0.05) is 27.2 Å². The zero-order chi connectivity index (χ0) is 21.8. The van der Waals surface area contributed by atoms with Gasteiger partial charge in [0.2, 0.25) is 5.91 Å². The summed E-state index contributed by atoms with van der Waals surface area (Å²) in [5.41, 5.74) is 1.08. The Bertz CT molecular complexity index is 661. The molecule has 0 spiro atoms. The molecule has 176 valence electrons. The van der Waals surface area contributed by atoms with Crippen LogP contribution in [0.4, 0.5) is 0 Å². The van der Waals surface area contributed by atoms with Crippen LogP contribution in [-0.2, 0) is 16.1 Å². The number of ether oxygens (including phenoxy) is 2. The maximum atomic E-state index is 12.0. The highest BCUT2D eigenvalue weighted by Gasteiger charge is 2.25. The highest BCUT2D eigenvalue weighted by Crippen LogP contribution is 2.30. The van der Waals surface area contributed by atoms with Gasteiger partial charge in [-0.15, -0.1) is 24.0 Å². The van der Waals surface area contributed by atoms with Crippen LogP contribution in [0.2, 0.25) is 0 Å². The molecule has 1 aliphatic carbocycles. The molecule has 1 aromatic carbocycles. The first kappa shape index (κ1) is 27.5. The van der Waals surface area contributed by atoms with E-state index in [0.717, 1.165) is 30.9 Å². The maximum absolute atomic E-state index is 12.0. The number of rotatable bonds is 11. The monoisotopic (exact) mass is 546 g/mol. The lowest BCUT2D eigenvalue weighted by Crippen LogP contribution is -2.44. The van der Waals surface area contributed by atoms with Gasteiger partial charge in [0.05, 0.1) is 26.3 Å². The minimum Gasteiger partial charge on any atom is -0.497 e. The Balaban J connectivity index is 0.00000480. The Morgan fingerprint density at radius 1 is 1.19 bits per heavy atom. The van der Waals surface area contributed by atoms with E-state index in [1.165, 1.54) is 25.7 Å². The molecule has 0 bridgehead atoms. The lowest BCUT2D eigenvalue weighted by molar-refractivity contribution is -0.127. The summed E-state index contributed by atoms with van der Waals surface area (Å²) in [6.45, 7) is 4.29. The number of hydrogen-bond acceptors (Lipinski definition) is 4. The van der Waals surface area contributed by atoms with E-state index in [0.29, 0.717) is 18.4 Å². The molecule has 2 N–H and O–H groups in total. The number of amides is 1. The van der Waals surface area contributed by atoms with E-state index in [1.807, 2.05) is 24.3 Å². The van der Waals surface area contributed by atoms with E-state index in [9.17, 15) is 4.79 Å². The van der Waals surface area contributed by atoms with Crippen molar-refractivity contribution in [1.29, 1.82) is 0 Å². The molecule has 1 aliphatic rings. The van der Waals surface area contributed by atoms with E-state index in [-0.39, 0.29) is 42.5 Å². The second-order valence-electron chi connectivity index (χ2n) is 7.91. The van der Waals surface area contributed by atoms with Gasteiger partial charge in [0.1, 0.15) is 5.75 Å². The number of carbonyl (C=O) groups is 1. The first-order chi connectivity index (χ1) is 14.5. The van der Waals surface area contributed by atoms with Gasteiger partial charge < -0.3 is 25.0 Å². The third kappa shape index (κ3) is 10.1. The molecule has 0 radical (unpaired) electrons. The van der Waals surface area contributed by atoms with Crippen molar-refractivity contribution in [3.05, 3.63) is 29.8 Å². The van der Waals surface area contributed by atoms with Crippen LogP contribution in [0.1, 0.15) is 44.6 Å². The summed E-state index contributed by atoms with van der Waals surface area (Å²) in [7, 11) is 5.15. The highest BCUT2D eigenvalue weighted by atomic mass is 127.